The predicted octanol–water partition coefficient (Wildman–Crippen LogP) is -0.180. The molecule has 3 aliphatic heterocycles. The second kappa shape index (κ2) is 6.14. The third-order valence-electron chi connectivity index (χ3n) is 4.67. The quantitative estimate of drug-likeness (QED) is 0.393. The molecular weight excluding hydrogens is 336 g/mol. The van der Waals surface area contributed by atoms with E-state index in [9.17, 15) is 24.3 Å². The molecule has 0 aromatic heterocycles. The van der Waals surface area contributed by atoms with Crippen LogP contribution in [0, 0.1) is 11.8 Å². The number of aliphatic carboxylic acids is 1. The first kappa shape index (κ1) is 17.4. The number of fused-ring (bicyclic) bond motifs is 1. The Hall–Kier alpha value is -2.42. The van der Waals surface area contributed by atoms with E-state index in [4.69, 9.17) is 18.9 Å². The van der Waals surface area contributed by atoms with Gasteiger partial charge in [-0.2, -0.15) is 0 Å². The van der Waals surface area contributed by atoms with Crippen LogP contribution in [0.5, 0.6) is 0 Å². The Morgan fingerprint density at radius 1 is 1.28 bits per heavy atom. The van der Waals surface area contributed by atoms with Gasteiger partial charge in [0.2, 0.25) is 0 Å². The minimum absolute atomic E-state index is 0.132. The van der Waals surface area contributed by atoms with Gasteiger partial charge in [-0.05, 0) is 13.3 Å². The highest BCUT2D eigenvalue weighted by Crippen LogP contribution is 2.51. The third-order valence-corrected chi connectivity index (χ3v) is 4.67. The number of hydrogen-bond acceptors (Lipinski definition) is 8. The summed E-state index contributed by atoms with van der Waals surface area (Å²) in [5.41, 5.74) is 0.132. The molecule has 0 aromatic carbocycles. The maximum Gasteiger partial charge on any atom is 0.347 e. The molecule has 3 heterocycles. The zero-order chi connectivity index (χ0) is 18.5. The van der Waals surface area contributed by atoms with Gasteiger partial charge in [-0.15, -0.1) is 0 Å². The van der Waals surface area contributed by atoms with Crippen molar-refractivity contribution >= 4 is 23.9 Å². The summed E-state index contributed by atoms with van der Waals surface area (Å²) < 4.78 is 21.0. The SMILES string of the molecule is C=C(C)C(=O)OC(CC)C(=O)OC1C2OC(=O)C3C2OC1C3C(=O)O. The van der Waals surface area contributed by atoms with Gasteiger partial charge in [0, 0.05) is 5.57 Å². The molecular formula is C16H18O9. The van der Waals surface area contributed by atoms with Gasteiger partial charge in [-0.1, -0.05) is 13.5 Å². The normalized spacial score (nSPS) is 35.8. The zero-order valence-electron chi connectivity index (χ0n) is 13.7. The summed E-state index contributed by atoms with van der Waals surface area (Å²) in [5.74, 6) is -5.47. The van der Waals surface area contributed by atoms with Crippen molar-refractivity contribution in [3.05, 3.63) is 12.2 Å². The number of carbonyl (C=O) groups excluding carboxylic acids is 3. The first-order chi connectivity index (χ1) is 11.8. The maximum absolute atomic E-state index is 12.3. The van der Waals surface area contributed by atoms with Crippen molar-refractivity contribution in [3.63, 3.8) is 0 Å². The van der Waals surface area contributed by atoms with E-state index in [1.165, 1.54) is 6.92 Å². The summed E-state index contributed by atoms with van der Waals surface area (Å²) in [6, 6.07) is 0. The highest BCUT2D eigenvalue weighted by Gasteiger charge is 2.71. The van der Waals surface area contributed by atoms with Crippen molar-refractivity contribution in [1.29, 1.82) is 0 Å². The molecule has 9 heteroatoms. The molecule has 0 saturated carbocycles. The van der Waals surface area contributed by atoms with Gasteiger partial charge in [0.05, 0.1) is 0 Å². The van der Waals surface area contributed by atoms with Crippen LogP contribution in [0.15, 0.2) is 12.2 Å². The Bertz CT molecular complexity index is 654. The molecule has 1 N–H and O–H groups in total. The van der Waals surface area contributed by atoms with Crippen LogP contribution >= 0.6 is 0 Å². The molecule has 0 amide bonds. The van der Waals surface area contributed by atoms with Gasteiger partial charge in [0.25, 0.3) is 0 Å². The lowest BCUT2D eigenvalue weighted by Crippen LogP contribution is -2.48. The van der Waals surface area contributed by atoms with Crippen LogP contribution in [0.3, 0.4) is 0 Å². The zero-order valence-corrected chi connectivity index (χ0v) is 13.7. The van der Waals surface area contributed by atoms with E-state index >= 15 is 0 Å². The molecule has 0 aromatic rings. The molecule has 3 saturated heterocycles. The van der Waals surface area contributed by atoms with Crippen LogP contribution in [0.2, 0.25) is 0 Å². The molecule has 3 fully saturated rings. The molecule has 2 bridgehead atoms. The molecule has 136 valence electrons. The van der Waals surface area contributed by atoms with Crippen molar-refractivity contribution in [1.82, 2.24) is 0 Å². The fourth-order valence-electron chi connectivity index (χ4n) is 3.49. The number of hydrogen-bond donors (Lipinski definition) is 1. The minimum Gasteiger partial charge on any atom is -0.481 e. The molecule has 0 spiro atoms. The van der Waals surface area contributed by atoms with Gasteiger partial charge in [-0.3, -0.25) is 9.59 Å². The Morgan fingerprint density at radius 2 is 1.96 bits per heavy atom. The van der Waals surface area contributed by atoms with E-state index in [2.05, 4.69) is 6.58 Å². The van der Waals surface area contributed by atoms with E-state index in [0.29, 0.717) is 0 Å². The predicted molar refractivity (Wildman–Crippen MR) is 78.0 cm³/mol. The lowest BCUT2D eigenvalue weighted by molar-refractivity contribution is -0.177. The van der Waals surface area contributed by atoms with Crippen molar-refractivity contribution in [3.8, 4) is 0 Å². The number of ether oxygens (including phenoxy) is 4. The fraction of sp³-hybridized carbons (Fsp3) is 0.625. The van der Waals surface area contributed by atoms with Crippen LogP contribution in [0.4, 0.5) is 0 Å². The van der Waals surface area contributed by atoms with Gasteiger partial charge >= 0.3 is 23.9 Å². The van der Waals surface area contributed by atoms with Gasteiger partial charge < -0.3 is 24.1 Å². The highest BCUT2D eigenvalue weighted by atomic mass is 16.7. The Labute approximate surface area is 142 Å². The number of carbonyl (C=O) groups is 4. The number of esters is 3. The monoisotopic (exact) mass is 354 g/mol. The highest BCUT2D eigenvalue weighted by molar-refractivity contribution is 5.89. The molecule has 0 aliphatic carbocycles. The summed E-state index contributed by atoms with van der Waals surface area (Å²) in [4.78, 5) is 47.2. The van der Waals surface area contributed by atoms with Crippen molar-refractivity contribution in [2.45, 2.75) is 50.8 Å². The number of rotatable bonds is 6. The van der Waals surface area contributed by atoms with Crippen molar-refractivity contribution < 1.29 is 43.2 Å². The van der Waals surface area contributed by atoms with Gasteiger partial charge in [0.15, 0.2) is 18.3 Å². The van der Waals surface area contributed by atoms with Crippen molar-refractivity contribution in [2.24, 2.45) is 11.8 Å². The molecule has 9 nitrogen and oxygen atoms in total. The van der Waals surface area contributed by atoms with E-state index < -0.39 is 66.2 Å². The average molecular weight is 354 g/mol. The summed E-state index contributed by atoms with van der Waals surface area (Å²) in [6.45, 7) is 6.51. The van der Waals surface area contributed by atoms with Crippen molar-refractivity contribution in [2.75, 3.05) is 0 Å². The van der Waals surface area contributed by atoms with Gasteiger partial charge in [0.1, 0.15) is 24.0 Å². The Kier molecular flexibility index (Phi) is 4.28. The standard InChI is InChI=1S/C16H18O9/c1-4-6(22-14(19)5(2)3)15(20)24-11-9-7(13(17)18)8-10(23-9)12(11)25-16(8)21/h6-12H,2,4H2,1,3H3,(H,17,18). The van der Waals surface area contributed by atoms with Crippen LogP contribution in [0.1, 0.15) is 20.3 Å². The first-order valence-corrected chi connectivity index (χ1v) is 7.92. The minimum atomic E-state index is -1.21. The number of carboxylic acid groups (broad SMARTS) is 1. The Morgan fingerprint density at radius 3 is 2.52 bits per heavy atom. The smallest absolute Gasteiger partial charge is 0.347 e. The summed E-state index contributed by atoms with van der Waals surface area (Å²) in [5, 5.41) is 9.35. The second-order valence-corrected chi connectivity index (χ2v) is 6.34. The molecule has 7 atom stereocenters. The molecule has 7 unspecified atom stereocenters. The second-order valence-electron chi connectivity index (χ2n) is 6.34. The first-order valence-electron chi connectivity index (χ1n) is 7.92. The topological polar surface area (TPSA) is 125 Å². The van der Waals surface area contributed by atoms with E-state index in [1.807, 2.05) is 0 Å². The number of carboxylic acids is 1. The third kappa shape index (κ3) is 2.68. The molecule has 25 heavy (non-hydrogen) atoms. The average Bonchev–Trinajstić information content (AvgIpc) is 3.15. The van der Waals surface area contributed by atoms with Gasteiger partial charge in [-0.25, -0.2) is 9.59 Å². The van der Waals surface area contributed by atoms with E-state index in [-0.39, 0.29) is 12.0 Å². The van der Waals surface area contributed by atoms with Crippen LogP contribution in [0.25, 0.3) is 0 Å². The summed E-state index contributed by atoms with van der Waals surface area (Å²) in [7, 11) is 0. The van der Waals surface area contributed by atoms with Crippen LogP contribution < -0.4 is 0 Å². The summed E-state index contributed by atoms with van der Waals surface area (Å²) in [6.07, 6.45) is -4.60. The lowest BCUT2D eigenvalue weighted by atomic mass is 9.78. The largest absolute Gasteiger partial charge is 0.481 e. The fourth-order valence-corrected chi connectivity index (χ4v) is 3.49. The maximum atomic E-state index is 12.3. The summed E-state index contributed by atoms with van der Waals surface area (Å²) >= 11 is 0. The van der Waals surface area contributed by atoms with Crippen LogP contribution in [-0.2, 0) is 38.1 Å². The van der Waals surface area contributed by atoms with E-state index in [0.717, 1.165) is 0 Å². The molecule has 3 rings (SSSR count). The lowest BCUT2D eigenvalue weighted by Gasteiger charge is -2.27. The van der Waals surface area contributed by atoms with Crippen LogP contribution in [-0.4, -0.2) is 59.5 Å². The Balaban J connectivity index is 1.73. The molecule has 0 radical (unpaired) electrons. The molecule has 3 aliphatic rings. The van der Waals surface area contributed by atoms with E-state index in [1.54, 1.807) is 6.92 Å².